The van der Waals surface area contributed by atoms with Gasteiger partial charge in [0, 0.05) is 19.4 Å². The van der Waals surface area contributed by atoms with Crippen molar-refractivity contribution in [2.75, 3.05) is 19.8 Å². The third-order valence-corrected chi connectivity index (χ3v) is 11.8. The molecular weight excluding hydrogens is 765 g/mol. The van der Waals surface area contributed by atoms with Crippen molar-refractivity contribution in [1.29, 1.82) is 0 Å². The molecule has 0 aliphatic heterocycles. The molecular formula is C57H104O5. The summed E-state index contributed by atoms with van der Waals surface area (Å²) in [4.78, 5) is 25.3. The molecule has 0 aromatic heterocycles. The van der Waals surface area contributed by atoms with Gasteiger partial charge in [0.15, 0.2) is 6.10 Å². The average Bonchev–Trinajstić information content (AvgIpc) is 3.27. The third kappa shape index (κ3) is 50.5. The van der Waals surface area contributed by atoms with E-state index in [-0.39, 0.29) is 25.2 Å². The summed E-state index contributed by atoms with van der Waals surface area (Å²) in [5.41, 5.74) is 0. The van der Waals surface area contributed by atoms with E-state index in [9.17, 15) is 9.59 Å². The summed E-state index contributed by atoms with van der Waals surface area (Å²) in [5.74, 6) is -0.400. The first-order chi connectivity index (χ1) is 30.6. The maximum Gasteiger partial charge on any atom is 0.306 e. The first-order valence-corrected chi connectivity index (χ1v) is 27.2. The van der Waals surface area contributed by atoms with Crippen molar-refractivity contribution in [3.05, 3.63) is 48.6 Å². The number of allylic oxidation sites excluding steroid dienone is 8. The van der Waals surface area contributed by atoms with Crippen molar-refractivity contribution in [2.24, 2.45) is 0 Å². The smallest absolute Gasteiger partial charge is 0.306 e. The quantitative estimate of drug-likeness (QED) is 0.0346. The largest absolute Gasteiger partial charge is 0.462 e. The second-order valence-corrected chi connectivity index (χ2v) is 18.1. The van der Waals surface area contributed by atoms with E-state index in [1.807, 2.05) is 0 Å². The van der Waals surface area contributed by atoms with Crippen molar-refractivity contribution in [3.63, 3.8) is 0 Å². The Morgan fingerprint density at radius 1 is 0.371 bits per heavy atom. The molecule has 5 heteroatoms. The summed E-state index contributed by atoms with van der Waals surface area (Å²) < 4.78 is 17.4. The Bertz CT molecular complexity index is 1030. The Hall–Kier alpha value is -2.14. The molecule has 0 fully saturated rings. The number of rotatable bonds is 50. The highest BCUT2D eigenvalue weighted by Crippen LogP contribution is 2.15. The maximum atomic E-state index is 12.7. The molecule has 0 rings (SSSR count). The van der Waals surface area contributed by atoms with Gasteiger partial charge < -0.3 is 14.2 Å². The lowest BCUT2D eigenvalue weighted by molar-refractivity contribution is -0.163. The fraction of sp³-hybridized carbons (Fsp3) is 0.825. The zero-order valence-corrected chi connectivity index (χ0v) is 41.6. The summed E-state index contributed by atoms with van der Waals surface area (Å²) in [7, 11) is 0. The molecule has 0 aromatic rings. The van der Waals surface area contributed by atoms with Crippen LogP contribution in [-0.2, 0) is 23.8 Å². The second-order valence-electron chi connectivity index (χ2n) is 18.1. The molecule has 0 saturated heterocycles. The number of carbonyl (C=O) groups excluding carboxylic acids is 2. The second kappa shape index (κ2) is 53.2. The zero-order chi connectivity index (χ0) is 44.9. The fourth-order valence-electron chi connectivity index (χ4n) is 7.81. The lowest BCUT2D eigenvalue weighted by Gasteiger charge is -2.18. The summed E-state index contributed by atoms with van der Waals surface area (Å²) in [5, 5.41) is 0. The van der Waals surface area contributed by atoms with Gasteiger partial charge in [-0.3, -0.25) is 9.59 Å². The van der Waals surface area contributed by atoms with Gasteiger partial charge in [-0.1, -0.05) is 236 Å². The summed E-state index contributed by atoms with van der Waals surface area (Å²) in [6, 6.07) is 0. The number of esters is 2. The molecule has 1 unspecified atom stereocenters. The number of carbonyl (C=O) groups is 2. The molecule has 62 heavy (non-hydrogen) atoms. The Kier molecular flexibility index (Phi) is 51.4. The summed E-state index contributed by atoms with van der Waals surface area (Å²) >= 11 is 0. The summed E-state index contributed by atoms with van der Waals surface area (Å²) in [6.45, 7) is 7.72. The van der Waals surface area contributed by atoms with E-state index < -0.39 is 6.10 Å². The molecule has 0 aliphatic rings. The Morgan fingerprint density at radius 2 is 0.726 bits per heavy atom. The minimum atomic E-state index is -0.537. The van der Waals surface area contributed by atoms with Gasteiger partial charge in [0.1, 0.15) is 6.61 Å². The van der Waals surface area contributed by atoms with Gasteiger partial charge in [-0.05, 0) is 77.0 Å². The normalized spacial score (nSPS) is 12.5. The highest BCUT2D eigenvalue weighted by atomic mass is 16.6. The average molecular weight is 869 g/mol. The lowest BCUT2D eigenvalue weighted by Crippen LogP contribution is -2.30. The minimum absolute atomic E-state index is 0.0827. The van der Waals surface area contributed by atoms with Crippen LogP contribution in [0.5, 0.6) is 0 Å². The highest BCUT2D eigenvalue weighted by Gasteiger charge is 2.17. The molecule has 1 atom stereocenters. The van der Waals surface area contributed by atoms with Gasteiger partial charge in [-0.25, -0.2) is 0 Å². The number of hydrogen-bond donors (Lipinski definition) is 0. The van der Waals surface area contributed by atoms with Crippen LogP contribution in [0.2, 0.25) is 0 Å². The molecule has 0 spiro atoms. The van der Waals surface area contributed by atoms with Crippen molar-refractivity contribution in [3.8, 4) is 0 Å². The molecule has 362 valence electrons. The number of unbranched alkanes of at least 4 members (excludes halogenated alkanes) is 31. The van der Waals surface area contributed by atoms with Crippen LogP contribution in [0, 0.1) is 0 Å². The van der Waals surface area contributed by atoms with E-state index in [0.717, 1.165) is 70.6 Å². The zero-order valence-electron chi connectivity index (χ0n) is 41.6. The lowest BCUT2D eigenvalue weighted by atomic mass is 10.1. The van der Waals surface area contributed by atoms with E-state index in [0.29, 0.717) is 19.4 Å². The molecule has 0 bridgehead atoms. The van der Waals surface area contributed by atoms with Crippen molar-refractivity contribution < 1.29 is 23.8 Å². The summed E-state index contributed by atoms with van der Waals surface area (Å²) in [6.07, 6.45) is 65.6. The van der Waals surface area contributed by atoms with Gasteiger partial charge in [0.2, 0.25) is 0 Å². The van der Waals surface area contributed by atoms with Crippen molar-refractivity contribution in [2.45, 2.75) is 284 Å². The molecule has 0 radical (unpaired) electrons. The third-order valence-electron chi connectivity index (χ3n) is 11.8. The van der Waals surface area contributed by atoms with Gasteiger partial charge in [0.05, 0.1) is 6.61 Å². The van der Waals surface area contributed by atoms with E-state index >= 15 is 0 Å². The van der Waals surface area contributed by atoms with E-state index in [2.05, 4.69) is 69.4 Å². The first-order valence-electron chi connectivity index (χ1n) is 27.2. The number of hydrogen-bond acceptors (Lipinski definition) is 5. The molecule has 0 N–H and O–H groups in total. The van der Waals surface area contributed by atoms with Gasteiger partial charge in [-0.15, -0.1) is 0 Å². The van der Waals surface area contributed by atoms with E-state index in [1.54, 1.807) is 0 Å². The van der Waals surface area contributed by atoms with Gasteiger partial charge in [-0.2, -0.15) is 0 Å². The van der Waals surface area contributed by atoms with Crippen LogP contribution < -0.4 is 0 Å². The van der Waals surface area contributed by atoms with Crippen LogP contribution in [0.4, 0.5) is 0 Å². The highest BCUT2D eigenvalue weighted by molar-refractivity contribution is 5.70. The standard InChI is InChI=1S/C57H104O5/c1-4-7-10-13-16-19-21-23-25-27-28-29-31-33-35-37-40-43-46-49-52-60-53-55(62-57(59)51-48-45-42-38-18-15-12-9-6-3)54-61-56(58)50-47-44-41-39-36-34-32-30-26-24-22-20-17-14-11-8-5-2/h8,11,17,20,23-26,55H,4-7,9-10,12-16,18-19,21-22,27-54H2,1-3H3/b11-8-,20-17-,25-23-,26-24-. The van der Waals surface area contributed by atoms with Crippen LogP contribution >= 0.6 is 0 Å². The predicted octanol–water partition coefficient (Wildman–Crippen LogP) is 18.3. The molecule has 0 aliphatic carbocycles. The van der Waals surface area contributed by atoms with Crippen molar-refractivity contribution in [1.82, 2.24) is 0 Å². The van der Waals surface area contributed by atoms with Crippen molar-refractivity contribution >= 4 is 11.9 Å². The molecule has 0 aromatic carbocycles. The minimum Gasteiger partial charge on any atom is -0.462 e. The van der Waals surface area contributed by atoms with Crippen LogP contribution in [-0.4, -0.2) is 37.9 Å². The monoisotopic (exact) mass is 869 g/mol. The topological polar surface area (TPSA) is 61.8 Å². The Morgan fingerprint density at radius 3 is 1.18 bits per heavy atom. The fourth-order valence-corrected chi connectivity index (χ4v) is 7.81. The molecule has 0 saturated carbocycles. The van der Waals surface area contributed by atoms with Crippen LogP contribution in [0.25, 0.3) is 0 Å². The number of ether oxygens (including phenoxy) is 3. The molecule has 0 amide bonds. The maximum absolute atomic E-state index is 12.7. The first kappa shape index (κ1) is 59.9. The Balaban J connectivity index is 4.14. The molecule has 5 nitrogen and oxygen atoms in total. The van der Waals surface area contributed by atoms with Gasteiger partial charge in [0.25, 0.3) is 0 Å². The van der Waals surface area contributed by atoms with Crippen LogP contribution in [0.1, 0.15) is 278 Å². The van der Waals surface area contributed by atoms with E-state index in [1.165, 1.54) is 173 Å². The predicted molar refractivity (Wildman–Crippen MR) is 270 cm³/mol. The van der Waals surface area contributed by atoms with Crippen LogP contribution in [0.3, 0.4) is 0 Å². The Labute approximate surface area is 386 Å². The van der Waals surface area contributed by atoms with Crippen LogP contribution in [0.15, 0.2) is 48.6 Å². The van der Waals surface area contributed by atoms with E-state index in [4.69, 9.17) is 14.2 Å². The van der Waals surface area contributed by atoms with Gasteiger partial charge >= 0.3 is 11.9 Å². The SMILES string of the molecule is CC/C=C\C/C=C\C/C=C\CCCCCCCCCC(=O)OCC(COCCCCCCCCCCCC/C=C\CCCCCCCC)OC(=O)CCCCCCCCCCC. The molecule has 0 heterocycles.